The van der Waals surface area contributed by atoms with Crippen LogP contribution in [0.15, 0.2) is 72.8 Å². The van der Waals surface area contributed by atoms with E-state index in [0.717, 1.165) is 0 Å². The molecule has 2 aromatic carbocycles. The summed E-state index contributed by atoms with van der Waals surface area (Å²) in [4.78, 5) is 0. The van der Waals surface area contributed by atoms with Crippen molar-refractivity contribution in [1.82, 2.24) is 0 Å². The lowest BCUT2D eigenvalue weighted by Gasteiger charge is -1.69. The van der Waals surface area contributed by atoms with Crippen LogP contribution in [0, 0.1) is 0 Å². The van der Waals surface area contributed by atoms with Crippen molar-refractivity contribution in [2.75, 3.05) is 14.1 Å². The molecule has 0 aromatic heterocycles. The van der Waals surface area contributed by atoms with E-state index < -0.39 is 0 Å². The molecule has 0 aliphatic carbocycles. The predicted octanol–water partition coefficient (Wildman–Crippen LogP) is 8.04. The average molecular weight is 383 g/mol. The minimum absolute atomic E-state index is 1.25. The topological polar surface area (TPSA) is 52.0 Å². The van der Waals surface area contributed by atoms with Crippen LogP contribution in [-0.2, 0) is 0 Å². The highest BCUT2D eigenvalue weighted by atomic mass is 14.4. The largest absolute Gasteiger partial charge is 0.333 e. The van der Waals surface area contributed by atoms with Crippen molar-refractivity contribution in [2.45, 2.75) is 75.7 Å². The highest BCUT2D eigenvalue weighted by molar-refractivity contribution is 4.99. The Hall–Kier alpha value is -1.64. The Balaban J connectivity index is -0.0000000358. The Labute approximate surface area is 174 Å². The van der Waals surface area contributed by atoms with E-state index in [0.29, 0.717) is 0 Å². The zero-order valence-electron chi connectivity index (χ0n) is 20.8. The van der Waals surface area contributed by atoms with Gasteiger partial charge in [0, 0.05) is 0 Å². The van der Waals surface area contributed by atoms with Crippen LogP contribution in [0.3, 0.4) is 0 Å². The quantitative estimate of drug-likeness (QED) is 0.484. The molecule has 0 heterocycles. The predicted molar refractivity (Wildman–Crippen MR) is 134 cm³/mol. The summed E-state index contributed by atoms with van der Waals surface area (Å²) >= 11 is 0. The summed E-state index contributed by atoms with van der Waals surface area (Å²) in [5, 5.41) is 0. The molecule has 0 amide bonds. The summed E-state index contributed by atoms with van der Waals surface area (Å²) < 4.78 is 0. The second-order valence-electron chi connectivity index (χ2n) is 3.02. The summed E-state index contributed by atoms with van der Waals surface area (Å²) in [7, 11) is 3.00. The molecule has 0 spiro atoms. The first-order valence-corrected chi connectivity index (χ1v) is 10.6. The van der Waals surface area contributed by atoms with Crippen LogP contribution in [0.2, 0.25) is 0 Å². The summed E-state index contributed by atoms with van der Waals surface area (Å²) in [6.45, 7) is 20.2. The molecule has 0 saturated heterocycles. The highest BCUT2D eigenvalue weighted by Crippen LogP contribution is 1.80. The van der Waals surface area contributed by atoms with Crippen molar-refractivity contribution in [3.8, 4) is 0 Å². The van der Waals surface area contributed by atoms with E-state index in [2.05, 4.69) is 25.3 Å². The molecule has 0 bridgehead atoms. The number of hydrogen-bond donors (Lipinski definition) is 2. The zero-order chi connectivity index (χ0) is 23.2. The van der Waals surface area contributed by atoms with Gasteiger partial charge in [0.15, 0.2) is 0 Å². The monoisotopic (exact) mass is 382 g/mol. The maximum Gasteiger partial charge on any atom is -0.0195 e. The van der Waals surface area contributed by atoms with E-state index in [9.17, 15) is 0 Å². The first kappa shape index (κ1) is 44.6. The Kier molecular flexibility index (Phi) is 170. The van der Waals surface area contributed by atoms with E-state index in [1.807, 2.05) is 128 Å². The Morgan fingerprint density at radius 2 is 0.370 bits per heavy atom. The Bertz CT molecular complexity index is 199. The minimum Gasteiger partial charge on any atom is -0.333 e. The fourth-order valence-corrected chi connectivity index (χ4v) is 0.770. The third-order valence-corrected chi connectivity index (χ3v) is 1.33. The number of benzene rings is 2. The maximum atomic E-state index is 4.50. The van der Waals surface area contributed by atoms with E-state index >= 15 is 0 Å². The molecule has 0 aliphatic rings. The molecule has 4 N–H and O–H groups in total. The molecule has 164 valence electrons. The molecule has 2 rings (SSSR count). The van der Waals surface area contributed by atoms with Gasteiger partial charge in [-0.1, -0.05) is 148 Å². The van der Waals surface area contributed by atoms with Gasteiger partial charge in [-0.25, -0.2) is 0 Å². The van der Waals surface area contributed by atoms with E-state index in [1.165, 1.54) is 20.5 Å². The molecule has 0 saturated carbocycles. The van der Waals surface area contributed by atoms with Gasteiger partial charge in [0.2, 0.25) is 0 Å². The lowest BCUT2D eigenvalue weighted by molar-refractivity contribution is 1.09. The van der Waals surface area contributed by atoms with Gasteiger partial charge in [0.05, 0.1) is 0 Å². The van der Waals surface area contributed by atoms with Gasteiger partial charge < -0.3 is 11.5 Å². The van der Waals surface area contributed by atoms with Crippen LogP contribution in [-0.4, -0.2) is 14.1 Å². The third kappa shape index (κ3) is 113. The Morgan fingerprint density at radius 3 is 0.407 bits per heavy atom. The molecular formula is C25H54N2. The highest BCUT2D eigenvalue weighted by Gasteiger charge is 1.58. The molecule has 0 aliphatic heterocycles. The molecule has 0 radical (unpaired) electrons. The van der Waals surface area contributed by atoms with Crippen molar-refractivity contribution in [3.05, 3.63) is 72.8 Å². The molecule has 27 heavy (non-hydrogen) atoms. The van der Waals surface area contributed by atoms with Crippen molar-refractivity contribution >= 4 is 0 Å². The van der Waals surface area contributed by atoms with Gasteiger partial charge in [-0.2, -0.15) is 0 Å². The Morgan fingerprint density at radius 1 is 0.333 bits per heavy atom. The van der Waals surface area contributed by atoms with Gasteiger partial charge in [-0.3, -0.25) is 0 Å². The lowest BCUT2D eigenvalue weighted by atomic mass is 10.4. The average Bonchev–Trinajstić information content (AvgIpc) is 2.85. The van der Waals surface area contributed by atoms with Crippen LogP contribution in [0.5, 0.6) is 0 Å². The third-order valence-electron chi connectivity index (χ3n) is 1.33. The van der Waals surface area contributed by atoms with Crippen molar-refractivity contribution in [3.63, 3.8) is 0 Å². The number of hydrogen-bond acceptors (Lipinski definition) is 2. The fourth-order valence-electron chi connectivity index (χ4n) is 0.770. The molecule has 0 fully saturated rings. The summed E-state index contributed by atoms with van der Waals surface area (Å²) in [6, 6.07) is 24.0. The smallest absolute Gasteiger partial charge is 0.0195 e. The molecule has 2 nitrogen and oxygen atoms in total. The van der Waals surface area contributed by atoms with Gasteiger partial charge in [-0.15, -0.1) is 0 Å². The number of rotatable bonds is 0. The van der Waals surface area contributed by atoms with Crippen LogP contribution in [0.25, 0.3) is 0 Å². The zero-order valence-corrected chi connectivity index (χ0v) is 20.8. The van der Waals surface area contributed by atoms with E-state index in [-0.39, 0.29) is 0 Å². The normalized spacial score (nSPS) is 5.56. The summed E-state index contributed by atoms with van der Waals surface area (Å²) in [5.41, 5.74) is 9.00. The summed E-state index contributed by atoms with van der Waals surface area (Å²) in [5.74, 6) is 0. The second-order valence-corrected chi connectivity index (χ2v) is 3.02. The van der Waals surface area contributed by atoms with Gasteiger partial charge in [0.25, 0.3) is 0 Å². The minimum atomic E-state index is 1.25. The van der Waals surface area contributed by atoms with E-state index in [4.69, 9.17) is 0 Å². The SMILES string of the molecule is CC.CC.CC.CC.CCC.CN.CN.c1ccccc1.c1ccccc1. The fraction of sp³-hybridized carbons (Fsp3) is 0.520. The van der Waals surface area contributed by atoms with Crippen LogP contribution in [0.4, 0.5) is 0 Å². The van der Waals surface area contributed by atoms with E-state index in [1.54, 1.807) is 0 Å². The molecule has 0 atom stereocenters. The maximum absolute atomic E-state index is 4.50. The first-order valence-electron chi connectivity index (χ1n) is 10.6. The molecule has 2 aromatic rings. The molecular weight excluding hydrogens is 328 g/mol. The van der Waals surface area contributed by atoms with Crippen LogP contribution >= 0.6 is 0 Å². The van der Waals surface area contributed by atoms with Gasteiger partial charge in [0.1, 0.15) is 0 Å². The van der Waals surface area contributed by atoms with Crippen molar-refractivity contribution in [2.24, 2.45) is 11.5 Å². The van der Waals surface area contributed by atoms with Crippen molar-refractivity contribution < 1.29 is 0 Å². The van der Waals surface area contributed by atoms with Gasteiger partial charge in [-0.05, 0) is 14.1 Å². The molecule has 0 unspecified atom stereocenters. The summed E-state index contributed by atoms with van der Waals surface area (Å²) in [6.07, 6.45) is 1.25. The standard InChI is InChI=1S/2C6H6.C3H8.4C2H6.2CH5N/c2*1-2-4-6-5-3-1;1-3-2;6*1-2/h2*1-6H;3H2,1-2H3;4*1-2H3;2*2H2,1H3. The van der Waals surface area contributed by atoms with Gasteiger partial charge >= 0.3 is 0 Å². The lowest BCUT2D eigenvalue weighted by Crippen LogP contribution is -1.69. The van der Waals surface area contributed by atoms with Crippen LogP contribution in [0.1, 0.15) is 75.7 Å². The van der Waals surface area contributed by atoms with Crippen LogP contribution < -0.4 is 11.5 Å². The molecule has 2 heteroatoms. The first-order chi connectivity index (χ1) is 13.4. The van der Waals surface area contributed by atoms with Crippen molar-refractivity contribution in [1.29, 1.82) is 0 Å². The second kappa shape index (κ2) is 103. The number of nitrogens with two attached hydrogens (primary N) is 2.